The number of hydrazone groups is 1. The standard InChI is InChI=1S/C16H18N4O/c1-12(19-20-16(17)18)14-7-9-15(10-8-14)21-11-13-5-3-2-4-6-13/h2-10H,11H2,1H3,(H4,17,18,20)/p+1/b19-12-. The summed E-state index contributed by atoms with van der Waals surface area (Å²) in [6.45, 7) is 2.42. The van der Waals surface area contributed by atoms with E-state index in [0.717, 1.165) is 22.6 Å². The number of ether oxygens (including phenoxy) is 1. The van der Waals surface area contributed by atoms with Gasteiger partial charge in [0.15, 0.2) is 0 Å². The van der Waals surface area contributed by atoms with E-state index in [1.165, 1.54) is 0 Å². The van der Waals surface area contributed by atoms with Crippen molar-refractivity contribution in [1.29, 1.82) is 0 Å². The lowest BCUT2D eigenvalue weighted by Crippen LogP contribution is -2.72. The Bertz CT molecular complexity index is 629. The third-order valence-electron chi connectivity index (χ3n) is 2.87. The van der Waals surface area contributed by atoms with Crippen LogP contribution >= 0.6 is 0 Å². The van der Waals surface area contributed by atoms with E-state index in [2.05, 4.69) is 10.2 Å². The molecular weight excluding hydrogens is 264 g/mol. The molecule has 2 rings (SSSR count). The average Bonchev–Trinajstić information content (AvgIpc) is 2.52. The van der Waals surface area contributed by atoms with Gasteiger partial charge >= 0.3 is 5.96 Å². The number of nitrogens with one attached hydrogen (secondary N) is 1. The second kappa shape index (κ2) is 7.09. The molecule has 5 heteroatoms. The van der Waals surface area contributed by atoms with Crippen LogP contribution in [0.15, 0.2) is 59.7 Å². The molecule has 21 heavy (non-hydrogen) atoms. The molecule has 2 aromatic carbocycles. The molecular formula is C16H19N4O+. The average molecular weight is 283 g/mol. The van der Waals surface area contributed by atoms with Crippen LogP contribution in [-0.2, 0) is 6.61 Å². The van der Waals surface area contributed by atoms with Crippen LogP contribution < -0.4 is 21.3 Å². The fraction of sp³-hybridized carbons (Fsp3) is 0.125. The molecule has 0 saturated carbocycles. The number of rotatable bonds is 5. The van der Waals surface area contributed by atoms with Crippen molar-refractivity contribution >= 4 is 11.7 Å². The summed E-state index contributed by atoms with van der Waals surface area (Å²) in [5.41, 5.74) is 13.5. The number of nitrogens with zero attached hydrogens (tertiary/aromatic N) is 1. The van der Waals surface area contributed by atoms with Gasteiger partial charge in [0.05, 0.1) is 5.71 Å². The largest absolute Gasteiger partial charge is 0.489 e. The Labute approximate surface area is 124 Å². The van der Waals surface area contributed by atoms with Crippen molar-refractivity contribution in [2.75, 3.05) is 0 Å². The van der Waals surface area contributed by atoms with Crippen LogP contribution in [0.4, 0.5) is 0 Å². The van der Waals surface area contributed by atoms with E-state index < -0.39 is 0 Å². The summed E-state index contributed by atoms with van der Waals surface area (Å²) >= 11 is 0. The molecule has 2 aromatic rings. The summed E-state index contributed by atoms with van der Waals surface area (Å²) in [6, 6.07) is 17.7. The van der Waals surface area contributed by atoms with E-state index in [4.69, 9.17) is 16.2 Å². The van der Waals surface area contributed by atoms with E-state index in [-0.39, 0.29) is 5.96 Å². The molecule has 108 valence electrons. The van der Waals surface area contributed by atoms with Crippen molar-refractivity contribution in [3.8, 4) is 5.75 Å². The molecule has 0 aliphatic heterocycles. The van der Waals surface area contributed by atoms with Gasteiger partial charge in [-0.25, -0.2) is 0 Å². The SMILES string of the molecule is C/C(=N/[NH+]=C(N)N)c1ccc(OCc2ccccc2)cc1. The Kier molecular flexibility index (Phi) is 4.93. The van der Waals surface area contributed by atoms with Gasteiger partial charge in [-0.15, -0.1) is 5.10 Å². The van der Waals surface area contributed by atoms with Crippen molar-refractivity contribution in [2.45, 2.75) is 13.5 Å². The molecule has 0 aromatic heterocycles. The summed E-state index contributed by atoms with van der Waals surface area (Å²) in [5.74, 6) is 0.880. The number of nitrogens with two attached hydrogens (primary N) is 2. The van der Waals surface area contributed by atoms with Gasteiger partial charge in [0, 0.05) is 0 Å². The highest BCUT2D eigenvalue weighted by atomic mass is 16.5. The lowest BCUT2D eigenvalue weighted by Gasteiger charge is -2.07. The molecule has 0 bridgehead atoms. The topological polar surface area (TPSA) is 87.6 Å². The highest BCUT2D eigenvalue weighted by molar-refractivity contribution is 5.98. The minimum absolute atomic E-state index is 0.0668. The van der Waals surface area contributed by atoms with Crippen LogP contribution in [0.2, 0.25) is 0 Å². The number of guanidine groups is 1. The van der Waals surface area contributed by atoms with Crippen molar-refractivity contribution in [3.05, 3.63) is 65.7 Å². The number of hydrogen-bond donors (Lipinski definition) is 3. The molecule has 0 heterocycles. The second-order valence-electron chi connectivity index (χ2n) is 4.56. The van der Waals surface area contributed by atoms with Gasteiger partial charge in [-0.2, -0.15) is 5.10 Å². The van der Waals surface area contributed by atoms with E-state index >= 15 is 0 Å². The van der Waals surface area contributed by atoms with Crippen LogP contribution in [0, 0.1) is 0 Å². The first-order valence-electron chi connectivity index (χ1n) is 6.60. The molecule has 0 fully saturated rings. The fourth-order valence-corrected chi connectivity index (χ4v) is 1.75. The lowest BCUT2D eigenvalue weighted by atomic mass is 10.1. The third-order valence-corrected chi connectivity index (χ3v) is 2.87. The Balaban J connectivity index is 1.99. The highest BCUT2D eigenvalue weighted by Crippen LogP contribution is 2.14. The van der Waals surface area contributed by atoms with Crippen LogP contribution in [-0.4, -0.2) is 11.7 Å². The maximum absolute atomic E-state index is 5.73. The monoisotopic (exact) mass is 283 g/mol. The molecule has 0 radical (unpaired) electrons. The predicted molar refractivity (Wildman–Crippen MR) is 83.8 cm³/mol. The zero-order valence-corrected chi connectivity index (χ0v) is 11.9. The van der Waals surface area contributed by atoms with Crippen LogP contribution in [0.25, 0.3) is 0 Å². The fourth-order valence-electron chi connectivity index (χ4n) is 1.75. The minimum Gasteiger partial charge on any atom is -0.489 e. The molecule has 0 aliphatic carbocycles. The Morgan fingerprint density at radius 3 is 2.33 bits per heavy atom. The summed E-state index contributed by atoms with van der Waals surface area (Å²) in [5, 5.41) is 6.59. The van der Waals surface area contributed by atoms with Crippen molar-refractivity contribution in [2.24, 2.45) is 16.6 Å². The van der Waals surface area contributed by atoms with Crippen molar-refractivity contribution in [1.82, 2.24) is 0 Å². The summed E-state index contributed by atoms with van der Waals surface area (Å²) in [6.07, 6.45) is 0. The molecule has 0 spiro atoms. The maximum atomic E-state index is 5.73. The second-order valence-corrected chi connectivity index (χ2v) is 4.56. The van der Waals surface area contributed by atoms with E-state index in [0.29, 0.717) is 6.61 Å². The first-order chi connectivity index (χ1) is 10.1. The van der Waals surface area contributed by atoms with Gasteiger partial charge in [0.2, 0.25) is 0 Å². The molecule has 0 saturated heterocycles. The zero-order chi connectivity index (χ0) is 15.1. The van der Waals surface area contributed by atoms with E-state index in [1.54, 1.807) is 0 Å². The van der Waals surface area contributed by atoms with Gasteiger partial charge in [-0.1, -0.05) is 30.3 Å². The molecule has 0 unspecified atom stereocenters. The number of hydrogen-bond acceptors (Lipinski definition) is 2. The van der Waals surface area contributed by atoms with Gasteiger partial charge in [-0.3, -0.25) is 11.5 Å². The Morgan fingerprint density at radius 2 is 1.71 bits per heavy atom. The summed E-state index contributed by atoms with van der Waals surface area (Å²) in [4.78, 5) is 0. The smallest absolute Gasteiger partial charge is 0.362 e. The first kappa shape index (κ1) is 14.6. The zero-order valence-electron chi connectivity index (χ0n) is 11.9. The molecule has 0 atom stereocenters. The Morgan fingerprint density at radius 1 is 1.05 bits per heavy atom. The quantitative estimate of drug-likeness (QED) is 0.420. The van der Waals surface area contributed by atoms with Gasteiger partial charge in [0.25, 0.3) is 0 Å². The normalized spacial score (nSPS) is 11.0. The van der Waals surface area contributed by atoms with Crippen LogP contribution in [0.5, 0.6) is 5.75 Å². The van der Waals surface area contributed by atoms with Gasteiger partial charge in [0.1, 0.15) is 12.4 Å². The first-order valence-corrected chi connectivity index (χ1v) is 6.60. The van der Waals surface area contributed by atoms with Crippen LogP contribution in [0.3, 0.4) is 0 Å². The molecule has 0 aliphatic rings. The van der Waals surface area contributed by atoms with Crippen molar-refractivity contribution in [3.63, 3.8) is 0 Å². The summed E-state index contributed by atoms with van der Waals surface area (Å²) in [7, 11) is 0. The van der Waals surface area contributed by atoms with Crippen molar-refractivity contribution < 1.29 is 9.84 Å². The van der Waals surface area contributed by atoms with E-state index in [9.17, 15) is 0 Å². The predicted octanol–water partition coefficient (Wildman–Crippen LogP) is 0.344. The van der Waals surface area contributed by atoms with Crippen LogP contribution in [0.1, 0.15) is 18.1 Å². The summed E-state index contributed by atoms with van der Waals surface area (Å²) < 4.78 is 5.73. The minimum atomic E-state index is 0.0668. The highest BCUT2D eigenvalue weighted by Gasteiger charge is 2.00. The molecule has 5 N–H and O–H groups in total. The van der Waals surface area contributed by atoms with Gasteiger partial charge in [-0.05, 0) is 42.3 Å². The maximum Gasteiger partial charge on any atom is 0.362 e. The van der Waals surface area contributed by atoms with E-state index in [1.807, 2.05) is 61.5 Å². The molecule has 0 amide bonds. The lowest BCUT2D eigenvalue weighted by molar-refractivity contribution is -0.464. The number of benzene rings is 2. The van der Waals surface area contributed by atoms with Gasteiger partial charge < -0.3 is 4.74 Å². The third kappa shape index (κ3) is 4.65. The Hall–Kier alpha value is -2.82. The molecule has 5 nitrogen and oxygen atoms in total.